The summed E-state index contributed by atoms with van der Waals surface area (Å²) >= 11 is 0. The highest BCUT2D eigenvalue weighted by molar-refractivity contribution is 5.77. The van der Waals surface area contributed by atoms with Crippen molar-refractivity contribution in [1.82, 2.24) is 5.32 Å². The summed E-state index contributed by atoms with van der Waals surface area (Å²) in [5, 5.41) is 12.0. The molecule has 150 valence electrons. The SMILES string of the molecule is CC(C)(C)c1ccc(C(CC(=O)O)NC(=O)CCOCC2CCCO2)cc1. The predicted octanol–water partition coefficient (Wildman–Crippen LogP) is 3.20. The minimum atomic E-state index is -0.949. The van der Waals surface area contributed by atoms with E-state index in [-0.39, 0.29) is 30.3 Å². The molecule has 1 aliphatic heterocycles. The Balaban J connectivity index is 1.87. The van der Waals surface area contributed by atoms with Crippen LogP contribution in [0.5, 0.6) is 0 Å². The number of nitrogens with one attached hydrogen (secondary N) is 1. The second-order valence-electron chi connectivity index (χ2n) is 8.05. The molecule has 2 rings (SSSR count). The van der Waals surface area contributed by atoms with Crippen molar-refractivity contribution in [2.45, 2.75) is 64.0 Å². The largest absolute Gasteiger partial charge is 0.481 e. The van der Waals surface area contributed by atoms with Crippen LogP contribution in [-0.4, -0.2) is 42.9 Å². The van der Waals surface area contributed by atoms with Crippen molar-refractivity contribution < 1.29 is 24.2 Å². The molecule has 1 heterocycles. The minimum Gasteiger partial charge on any atom is -0.481 e. The molecule has 0 aliphatic carbocycles. The van der Waals surface area contributed by atoms with Crippen LogP contribution >= 0.6 is 0 Å². The Kier molecular flexibility index (Phi) is 7.80. The van der Waals surface area contributed by atoms with E-state index in [1.165, 1.54) is 0 Å². The average molecular weight is 377 g/mol. The molecule has 1 aliphatic rings. The van der Waals surface area contributed by atoms with Crippen LogP contribution < -0.4 is 5.32 Å². The predicted molar refractivity (Wildman–Crippen MR) is 103 cm³/mol. The van der Waals surface area contributed by atoms with Crippen molar-refractivity contribution in [3.8, 4) is 0 Å². The average Bonchev–Trinajstić information content (AvgIpc) is 3.10. The Morgan fingerprint density at radius 3 is 2.56 bits per heavy atom. The molecule has 0 bridgehead atoms. The molecule has 6 nitrogen and oxygen atoms in total. The highest BCUT2D eigenvalue weighted by Crippen LogP contribution is 2.25. The maximum Gasteiger partial charge on any atom is 0.305 e. The van der Waals surface area contributed by atoms with E-state index in [1.807, 2.05) is 24.3 Å². The van der Waals surface area contributed by atoms with Gasteiger partial charge in [-0.15, -0.1) is 0 Å². The lowest BCUT2D eigenvalue weighted by molar-refractivity contribution is -0.137. The number of amides is 1. The number of rotatable bonds is 9. The molecular formula is C21H31NO5. The van der Waals surface area contributed by atoms with Crippen molar-refractivity contribution in [3.63, 3.8) is 0 Å². The van der Waals surface area contributed by atoms with Crippen LogP contribution in [0.4, 0.5) is 0 Å². The fourth-order valence-corrected chi connectivity index (χ4v) is 3.06. The van der Waals surface area contributed by atoms with E-state index in [0.29, 0.717) is 13.2 Å². The fraction of sp³-hybridized carbons (Fsp3) is 0.619. The lowest BCUT2D eigenvalue weighted by atomic mass is 9.86. The Morgan fingerprint density at radius 1 is 1.30 bits per heavy atom. The van der Waals surface area contributed by atoms with Crippen LogP contribution in [-0.2, 0) is 24.5 Å². The number of carboxylic acid groups (broad SMARTS) is 1. The van der Waals surface area contributed by atoms with Gasteiger partial charge in [0.25, 0.3) is 0 Å². The van der Waals surface area contributed by atoms with Gasteiger partial charge in [-0.05, 0) is 29.4 Å². The normalized spacial score (nSPS) is 18.3. The Labute approximate surface area is 161 Å². The molecule has 1 aromatic rings. The van der Waals surface area contributed by atoms with Gasteiger partial charge in [-0.2, -0.15) is 0 Å². The third kappa shape index (κ3) is 7.31. The summed E-state index contributed by atoms with van der Waals surface area (Å²) in [5.41, 5.74) is 1.97. The molecule has 0 aromatic heterocycles. The van der Waals surface area contributed by atoms with Gasteiger partial charge in [-0.1, -0.05) is 45.0 Å². The number of carboxylic acids is 1. The zero-order chi connectivity index (χ0) is 19.9. The molecule has 1 saturated heterocycles. The van der Waals surface area contributed by atoms with Gasteiger partial charge in [0, 0.05) is 13.0 Å². The van der Waals surface area contributed by atoms with Crippen molar-refractivity contribution in [2.24, 2.45) is 0 Å². The van der Waals surface area contributed by atoms with Crippen LogP contribution in [0, 0.1) is 0 Å². The number of aliphatic carboxylic acids is 1. The molecule has 1 fully saturated rings. The highest BCUT2D eigenvalue weighted by atomic mass is 16.5. The lowest BCUT2D eigenvalue weighted by Crippen LogP contribution is -2.31. The fourth-order valence-electron chi connectivity index (χ4n) is 3.06. The molecular weight excluding hydrogens is 346 g/mol. The summed E-state index contributed by atoms with van der Waals surface area (Å²) in [6.45, 7) is 7.94. The second-order valence-corrected chi connectivity index (χ2v) is 8.05. The number of ether oxygens (including phenoxy) is 2. The molecule has 1 amide bonds. The summed E-state index contributed by atoms with van der Waals surface area (Å²) < 4.78 is 11.0. The van der Waals surface area contributed by atoms with Gasteiger partial charge in [0.1, 0.15) is 0 Å². The number of hydrogen-bond donors (Lipinski definition) is 2. The molecule has 0 radical (unpaired) electrons. The maximum atomic E-state index is 12.2. The van der Waals surface area contributed by atoms with E-state index in [1.54, 1.807) is 0 Å². The molecule has 27 heavy (non-hydrogen) atoms. The van der Waals surface area contributed by atoms with Gasteiger partial charge in [0.15, 0.2) is 0 Å². The van der Waals surface area contributed by atoms with E-state index in [9.17, 15) is 14.7 Å². The van der Waals surface area contributed by atoms with E-state index in [4.69, 9.17) is 9.47 Å². The first-order valence-corrected chi connectivity index (χ1v) is 9.56. The maximum absolute atomic E-state index is 12.2. The molecule has 0 saturated carbocycles. The summed E-state index contributed by atoms with van der Waals surface area (Å²) in [6.07, 6.45) is 2.23. The van der Waals surface area contributed by atoms with Crippen molar-refractivity contribution >= 4 is 11.9 Å². The van der Waals surface area contributed by atoms with Gasteiger partial charge in [0.05, 0.1) is 31.8 Å². The number of benzene rings is 1. The summed E-state index contributed by atoms with van der Waals surface area (Å²) in [5.74, 6) is -1.16. The van der Waals surface area contributed by atoms with Gasteiger partial charge in [-0.3, -0.25) is 9.59 Å². The van der Waals surface area contributed by atoms with Gasteiger partial charge in [-0.25, -0.2) is 0 Å². The van der Waals surface area contributed by atoms with Crippen LogP contribution in [0.15, 0.2) is 24.3 Å². The second kappa shape index (κ2) is 9.85. The van der Waals surface area contributed by atoms with E-state index < -0.39 is 12.0 Å². The molecule has 0 spiro atoms. The van der Waals surface area contributed by atoms with E-state index >= 15 is 0 Å². The standard InChI is InChI=1S/C21H31NO5/c1-21(2,3)16-8-6-15(7-9-16)18(13-20(24)25)22-19(23)10-12-26-14-17-5-4-11-27-17/h6-9,17-18H,4-5,10-14H2,1-3H3,(H,22,23)(H,24,25). The van der Waals surface area contributed by atoms with Crippen LogP contribution in [0.3, 0.4) is 0 Å². The third-order valence-electron chi connectivity index (χ3n) is 4.69. The Hall–Kier alpha value is -1.92. The molecule has 2 N–H and O–H groups in total. The highest BCUT2D eigenvalue weighted by Gasteiger charge is 2.20. The summed E-state index contributed by atoms with van der Waals surface area (Å²) in [6, 6.07) is 7.20. The number of hydrogen-bond acceptors (Lipinski definition) is 4. The zero-order valence-electron chi connectivity index (χ0n) is 16.5. The summed E-state index contributed by atoms with van der Waals surface area (Å²) in [7, 11) is 0. The first-order valence-electron chi connectivity index (χ1n) is 9.56. The number of carbonyl (C=O) groups is 2. The van der Waals surface area contributed by atoms with Gasteiger partial charge >= 0.3 is 5.97 Å². The molecule has 2 unspecified atom stereocenters. The van der Waals surface area contributed by atoms with E-state index in [2.05, 4.69) is 26.1 Å². The first-order chi connectivity index (χ1) is 12.8. The molecule has 2 atom stereocenters. The van der Waals surface area contributed by atoms with Gasteiger partial charge in [0.2, 0.25) is 5.91 Å². The smallest absolute Gasteiger partial charge is 0.305 e. The quantitative estimate of drug-likeness (QED) is 0.646. The molecule has 6 heteroatoms. The Morgan fingerprint density at radius 2 is 2.00 bits per heavy atom. The van der Waals surface area contributed by atoms with Crippen molar-refractivity contribution in [2.75, 3.05) is 19.8 Å². The van der Waals surface area contributed by atoms with Crippen molar-refractivity contribution in [1.29, 1.82) is 0 Å². The minimum absolute atomic E-state index is 0.0183. The monoisotopic (exact) mass is 377 g/mol. The molecule has 1 aromatic carbocycles. The van der Waals surface area contributed by atoms with E-state index in [0.717, 1.165) is 30.6 Å². The van der Waals surface area contributed by atoms with Gasteiger partial charge < -0.3 is 19.9 Å². The van der Waals surface area contributed by atoms with Crippen LogP contribution in [0.1, 0.15) is 63.6 Å². The van der Waals surface area contributed by atoms with Crippen LogP contribution in [0.25, 0.3) is 0 Å². The number of carbonyl (C=O) groups excluding carboxylic acids is 1. The zero-order valence-corrected chi connectivity index (χ0v) is 16.5. The first kappa shape index (κ1) is 21.4. The Bertz CT molecular complexity index is 614. The van der Waals surface area contributed by atoms with Crippen LogP contribution in [0.2, 0.25) is 0 Å². The van der Waals surface area contributed by atoms with Crippen molar-refractivity contribution in [3.05, 3.63) is 35.4 Å². The topological polar surface area (TPSA) is 84.9 Å². The third-order valence-corrected chi connectivity index (χ3v) is 4.69. The lowest BCUT2D eigenvalue weighted by Gasteiger charge is -2.22. The summed E-state index contributed by atoms with van der Waals surface area (Å²) in [4.78, 5) is 23.4.